The largest absolute Gasteiger partial charge is 0.289 e. The van der Waals surface area contributed by atoms with Crippen molar-refractivity contribution in [3.63, 3.8) is 0 Å². The molecule has 1 heteroatoms. The van der Waals surface area contributed by atoms with Crippen LogP contribution in [0, 0.1) is 0 Å². The van der Waals surface area contributed by atoms with Gasteiger partial charge >= 0.3 is 0 Å². The first-order valence-electron chi connectivity index (χ1n) is 2.72. The van der Waals surface area contributed by atoms with Gasteiger partial charge in [0.25, 0.3) is 0 Å². The first-order chi connectivity index (χ1) is 3.93. The van der Waals surface area contributed by atoms with Crippen molar-refractivity contribution in [2.75, 3.05) is 0 Å². The van der Waals surface area contributed by atoms with Crippen molar-refractivity contribution in [1.29, 1.82) is 0 Å². The smallest absolute Gasteiger partial charge is 0.0854 e. The van der Waals surface area contributed by atoms with Gasteiger partial charge in [-0.25, -0.2) is 0 Å². The lowest BCUT2D eigenvalue weighted by Crippen LogP contribution is -1.95. The SMILES string of the molecule is C=NC1C=CCC=C1. The first kappa shape index (κ1) is 5.29. The van der Waals surface area contributed by atoms with Crippen LogP contribution in [0.5, 0.6) is 0 Å². The molecule has 0 unspecified atom stereocenters. The summed E-state index contributed by atoms with van der Waals surface area (Å²) < 4.78 is 0. The number of nitrogens with zero attached hydrogens (tertiary/aromatic N) is 1. The highest BCUT2D eigenvalue weighted by Gasteiger charge is 1.94. The Morgan fingerprint density at radius 2 is 2.00 bits per heavy atom. The lowest BCUT2D eigenvalue weighted by molar-refractivity contribution is 1.00. The Morgan fingerprint density at radius 3 is 2.38 bits per heavy atom. The normalized spacial score (nSPS) is 19.0. The summed E-state index contributed by atoms with van der Waals surface area (Å²) in [5.74, 6) is 0. The molecule has 1 aliphatic rings. The van der Waals surface area contributed by atoms with Crippen LogP contribution >= 0.6 is 0 Å². The molecule has 1 aliphatic carbocycles. The summed E-state index contributed by atoms with van der Waals surface area (Å²) in [6.07, 6.45) is 9.34. The first-order valence-corrected chi connectivity index (χ1v) is 2.72. The van der Waals surface area contributed by atoms with Crippen molar-refractivity contribution in [3.8, 4) is 0 Å². The third-order valence-corrected chi connectivity index (χ3v) is 1.15. The zero-order chi connectivity index (χ0) is 5.82. The highest BCUT2D eigenvalue weighted by molar-refractivity contribution is 5.28. The maximum absolute atomic E-state index is 3.82. The van der Waals surface area contributed by atoms with Gasteiger partial charge in [0.05, 0.1) is 6.04 Å². The Bertz CT molecular complexity index is 121. The monoisotopic (exact) mass is 107 g/mol. The summed E-state index contributed by atoms with van der Waals surface area (Å²) >= 11 is 0. The molecule has 8 heavy (non-hydrogen) atoms. The van der Waals surface area contributed by atoms with Crippen LogP contribution in [-0.4, -0.2) is 12.8 Å². The fourth-order valence-electron chi connectivity index (χ4n) is 0.700. The van der Waals surface area contributed by atoms with Crippen LogP contribution in [0.2, 0.25) is 0 Å². The third kappa shape index (κ3) is 1.06. The summed E-state index contributed by atoms with van der Waals surface area (Å²) in [5, 5.41) is 0. The molecule has 0 radical (unpaired) electrons. The standard InChI is InChI=1S/C7H9N/c1-8-7-5-3-2-4-6-7/h3-7H,1-2H2. The van der Waals surface area contributed by atoms with E-state index in [1.165, 1.54) is 0 Å². The molecular weight excluding hydrogens is 98.1 g/mol. The van der Waals surface area contributed by atoms with Crippen LogP contribution in [0.15, 0.2) is 29.3 Å². The van der Waals surface area contributed by atoms with Gasteiger partial charge in [-0.15, -0.1) is 0 Å². The van der Waals surface area contributed by atoms with Crippen molar-refractivity contribution < 1.29 is 0 Å². The quantitative estimate of drug-likeness (QED) is 0.356. The highest BCUT2D eigenvalue weighted by Crippen LogP contribution is 2.03. The van der Waals surface area contributed by atoms with Gasteiger partial charge < -0.3 is 0 Å². The molecule has 0 aromatic heterocycles. The molecule has 0 saturated carbocycles. The van der Waals surface area contributed by atoms with Crippen LogP contribution in [0.25, 0.3) is 0 Å². The van der Waals surface area contributed by atoms with Gasteiger partial charge in [0.2, 0.25) is 0 Å². The lowest BCUT2D eigenvalue weighted by Gasteiger charge is -2.01. The van der Waals surface area contributed by atoms with Crippen LogP contribution in [0.3, 0.4) is 0 Å². The van der Waals surface area contributed by atoms with Crippen LogP contribution in [0.4, 0.5) is 0 Å². The predicted octanol–water partition coefficient (Wildman–Crippen LogP) is 1.57. The van der Waals surface area contributed by atoms with Gasteiger partial charge in [-0.3, -0.25) is 4.99 Å². The van der Waals surface area contributed by atoms with Gasteiger partial charge in [-0.2, -0.15) is 0 Å². The van der Waals surface area contributed by atoms with Crippen molar-refractivity contribution >= 4 is 6.72 Å². The number of hydrogen-bond acceptors (Lipinski definition) is 1. The van der Waals surface area contributed by atoms with E-state index in [1.54, 1.807) is 0 Å². The van der Waals surface area contributed by atoms with Gasteiger partial charge in [0, 0.05) is 0 Å². The Labute approximate surface area is 49.4 Å². The van der Waals surface area contributed by atoms with Gasteiger partial charge in [-0.05, 0) is 13.1 Å². The zero-order valence-electron chi connectivity index (χ0n) is 4.75. The maximum Gasteiger partial charge on any atom is 0.0854 e. The lowest BCUT2D eigenvalue weighted by atomic mass is 10.1. The summed E-state index contributed by atoms with van der Waals surface area (Å²) in [5.41, 5.74) is 0. The average molecular weight is 107 g/mol. The molecule has 0 bridgehead atoms. The van der Waals surface area contributed by atoms with Gasteiger partial charge in [0.1, 0.15) is 0 Å². The minimum Gasteiger partial charge on any atom is -0.289 e. The van der Waals surface area contributed by atoms with E-state index in [1.807, 2.05) is 12.2 Å². The molecule has 1 rings (SSSR count). The highest BCUT2D eigenvalue weighted by atomic mass is 14.7. The van der Waals surface area contributed by atoms with E-state index >= 15 is 0 Å². The fraction of sp³-hybridized carbons (Fsp3) is 0.286. The Balaban J connectivity index is 2.54. The Kier molecular flexibility index (Phi) is 1.62. The van der Waals surface area contributed by atoms with Crippen molar-refractivity contribution in [2.24, 2.45) is 4.99 Å². The fourth-order valence-corrected chi connectivity index (χ4v) is 0.700. The van der Waals surface area contributed by atoms with Crippen LogP contribution < -0.4 is 0 Å². The molecule has 1 nitrogen and oxygen atoms in total. The second-order valence-electron chi connectivity index (χ2n) is 1.77. The topological polar surface area (TPSA) is 12.4 Å². The van der Waals surface area contributed by atoms with E-state index in [0.717, 1.165) is 6.42 Å². The second-order valence-corrected chi connectivity index (χ2v) is 1.77. The summed E-state index contributed by atoms with van der Waals surface area (Å²) in [4.78, 5) is 3.82. The molecule has 0 aliphatic heterocycles. The molecule has 0 amide bonds. The Morgan fingerprint density at radius 1 is 1.38 bits per heavy atom. The van der Waals surface area contributed by atoms with Crippen molar-refractivity contribution in [1.82, 2.24) is 0 Å². The molecule has 0 aromatic carbocycles. The van der Waals surface area contributed by atoms with Crippen molar-refractivity contribution in [3.05, 3.63) is 24.3 Å². The van der Waals surface area contributed by atoms with Crippen molar-refractivity contribution in [2.45, 2.75) is 12.5 Å². The van der Waals surface area contributed by atoms with Gasteiger partial charge in [0.15, 0.2) is 0 Å². The van der Waals surface area contributed by atoms with Gasteiger partial charge in [-0.1, -0.05) is 24.3 Å². The van der Waals surface area contributed by atoms with Crippen LogP contribution in [-0.2, 0) is 0 Å². The summed E-state index contributed by atoms with van der Waals surface area (Å²) in [7, 11) is 0. The number of hydrogen-bond donors (Lipinski definition) is 0. The van der Waals surface area contributed by atoms with E-state index in [-0.39, 0.29) is 6.04 Å². The van der Waals surface area contributed by atoms with E-state index in [0.29, 0.717) is 0 Å². The number of allylic oxidation sites excluding steroid dienone is 2. The predicted molar refractivity (Wildman–Crippen MR) is 36.2 cm³/mol. The molecular formula is C7H9N. The summed E-state index contributed by atoms with van der Waals surface area (Å²) in [6, 6.07) is 0.240. The number of aliphatic imine (C=N–C) groups is 1. The molecule has 0 aromatic rings. The molecule has 0 heterocycles. The molecule has 42 valence electrons. The average Bonchev–Trinajstić information content (AvgIpc) is 1.90. The summed E-state index contributed by atoms with van der Waals surface area (Å²) in [6.45, 7) is 3.43. The van der Waals surface area contributed by atoms with E-state index in [2.05, 4.69) is 23.9 Å². The maximum atomic E-state index is 3.82. The third-order valence-electron chi connectivity index (χ3n) is 1.15. The molecule has 0 fully saturated rings. The minimum atomic E-state index is 0.240. The van der Waals surface area contributed by atoms with E-state index in [9.17, 15) is 0 Å². The minimum absolute atomic E-state index is 0.240. The van der Waals surface area contributed by atoms with E-state index < -0.39 is 0 Å². The number of rotatable bonds is 1. The van der Waals surface area contributed by atoms with Crippen LogP contribution in [0.1, 0.15) is 6.42 Å². The molecule has 0 atom stereocenters. The molecule has 0 N–H and O–H groups in total. The zero-order valence-corrected chi connectivity index (χ0v) is 4.75. The molecule has 0 spiro atoms. The second kappa shape index (κ2) is 2.46. The Hall–Kier alpha value is -0.850. The van der Waals surface area contributed by atoms with E-state index in [4.69, 9.17) is 0 Å². The molecule has 0 saturated heterocycles.